The monoisotopic (exact) mass is 296 g/mol. The summed E-state index contributed by atoms with van der Waals surface area (Å²) >= 11 is 0. The van der Waals surface area contributed by atoms with Crippen molar-refractivity contribution in [2.45, 2.75) is 0 Å². The molecule has 5 nitrogen and oxygen atoms in total. The molecular formula is C17H20N4O. The fourth-order valence-corrected chi connectivity index (χ4v) is 2.15. The first-order chi connectivity index (χ1) is 10.7. The third-order valence-electron chi connectivity index (χ3n) is 3.17. The smallest absolute Gasteiger partial charge is 0.317 e. The summed E-state index contributed by atoms with van der Waals surface area (Å²) in [6.45, 7) is 8.22. The quantitative estimate of drug-likeness (QED) is 0.832. The molecule has 2 aromatic rings. The molecule has 0 atom stereocenters. The van der Waals surface area contributed by atoms with E-state index in [4.69, 9.17) is 0 Å². The Balaban J connectivity index is 2.15. The van der Waals surface area contributed by atoms with E-state index in [-0.39, 0.29) is 6.03 Å². The van der Waals surface area contributed by atoms with Crippen LogP contribution in [-0.4, -0.2) is 33.8 Å². The van der Waals surface area contributed by atoms with E-state index in [1.807, 2.05) is 43.4 Å². The molecule has 0 saturated heterocycles. The molecule has 0 bridgehead atoms. The fourth-order valence-electron chi connectivity index (χ4n) is 2.15. The number of nitrogens with one attached hydrogen (secondary N) is 1. The Bertz CT molecular complexity index is 651. The molecule has 1 aromatic carbocycles. The van der Waals surface area contributed by atoms with Gasteiger partial charge in [-0.15, -0.1) is 13.2 Å². The number of carbonyl (C=O) groups is 1. The Labute approximate surface area is 130 Å². The third-order valence-corrected chi connectivity index (χ3v) is 3.17. The minimum absolute atomic E-state index is 0.225. The van der Waals surface area contributed by atoms with Crippen LogP contribution >= 0.6 is 0 Å². The maximum Gasteiger partial charge on any atom is 0.323 e. The summed E-state index contributed by atoms with van der Waals surface area (Å²) in [5, 5.41) is 7.14. The summed E-state index contributed by atoms with van der Waals surface area (Å²) in [6, 6.07) is 11.5. The summed E-state index contributed by atoms with van der Waals surface area (Å²) in [4.78, 5) is 13.8. The number of nitrogens with zero attached hydrogens (tertiary/aromatic N) is 3. The second kappa shape index (κ2) is 7.26. The minimum atomic E-state index is -0.225. The number of anilines is 1. The van der Waals surface area contributed by atoms with E-state index in [0.717, 1.165) is 11.3 Å². The molecule has 2 amide bonds. The van der Waals surface area contributed by atoms with Gasteiger partial charge in [0.25, 0.3) is 0 Å². The number of urea groups is 1. The summed E-state index contributed by atoms with van der Waals surface area (Å²) in [7, 11) is 1.85. The molecule has 0 aliphatic rings. The summed E-state index contributed by atoms with van der Waals surface area (Å²) < 4.78 is 1.75. The SMILES string of the molecule is C=CCN(CC=C)C(=O)Nc1cc(-c2ccccc2)n(C)n1. The van der Waals surface area contributed by atoms with E-state index in [1.165, 1.54) is 0 Å². The summed E-state index contributed by atoms with van der Waals surface area (Å²) in [5.41, 5.74) is 1.99. The van der Waals surface area contributed by atoms with Gasteiger partial charge in [-0.2, -0.15) is 5.10 Å². The van der Waals surface area contributed by atoms with Crippen molar-refractivity contribution in [3.63, 3.8) is 0 Å². The lowest BCUT2D eigenvalue weighted by molar-refractivity contribution is 0.222. The third kappa shape index (κ3) is 3.63. The van der Waals surface area contributed by atoms with Gasteiger partial charge in [0, 0.05) is 26.2 Å². The van der Waals surface area contributed by atoms with Gasteiger partial charge in [0.15, 0.2) is 5.82 Å². The first-order valence-electron chi connectivity index (χ1n) is 7.03. The lowest BCUT2D eigenvalue weighted by Gasteiger charge is -2.18. The van der Waals surface area contributed by atoms with Crippen LogP contribution in [0.1, 0.15) is 0 Å². The van der Waals surface area contributed by atoms with Crippen LogP contribution in [-0.2, 0) is 7.05 Å². The van der Waals surface area contributed by atoms with Crippen molar-refractivity contribution in [3.05, 3.63) is 61.7 Å². The van der Waals surface area contributed by atoms with Crippen molar-refractivity contribution in [2.75, 3.05) is 18.4 Å². The molecule has 1 aromatic heterocycles. The Morgan fingerprint density at radius 3 is 2.50 bits per heavy atom. The maximum atomic E-state index is 12.2. The normalized spacial score (nSPS) is 10.0. The lowest BCUT2D eigenvalue weighted by atomic mass is 10.1. The van der Waals surface area contributed by atoms with Crippen LogP contribution in [0.25, 0.3) is 11.3 Å². The largest absolute Gasteiger partial charge is 0.323 e. The van der Waals surface area contributed by atoms with Gasteiger partial charge in [-0.3, -0.25) is 10.00 Å². The average molecular weight is 296 g/mol. The molecule has 5 heteroatoms. The van der Waals surface area contributed by atoms with E-state index < -0.39 is 0 Å². The van der Waals surface area contributed by atoms with Crippen LogP contribution in [0, 0.1) is 0 Å². The second-order valence-electron chi connectivity index (χ2n) is 4.82. The summed E-state index contributed by atoms with van der Waals surface area (Å²) in [6.07, 6.45) is 3.35. The van der Waals surface area contributed by atoms with Gasteiger partial charge in [0.05, 0.1) is 5.69 Å². The molecule has 0 saturated carbocycles. The average Bonchev–Trinajstić information content (AvgIpc) is 2.88. The molecule has 114 valence electrons. The van der Waals surface area contributed by atoms with Crippen molar-refractivity contribution in [1.29, 1.82) is 0 Å². The molecule has 0 unspecified atom stereocenters. The number of amides is 2. The van der Waals surface area contributed by atoms with Crippen LogP contribution in [0.2, 0.25) is 0 Å². The number of rotatable bonds is 6. The summed E-state index contributed by atoms with van der Waals surface area (Å²) in [5.74, 6) is 0.518. The highest BCUT2D eigenvalue weighted by Crippen LogP contribution is 2.21. The van der Waals surface area contributed by atoms with Gasteiger partial charge in [0.1, 0.15) is 0 Å². The molecule has 0 fully saturated rings. The standard InChI is InChI=1S/C17H20N4O/c1-4-11-21(12-5-2)17(22)18-16-13-15(20(3)19-16)14-9-7-6-8-10-14/h4-10,13H,1-2,11-12H2,3H3,(H,18,19,22). The van der Waals surface area contributed by atoms with E-state index in [0.29, 0.717) is 18.9 Å². The number of aryl methyl sites for hydroxylation is 1. The zero-order chi connectivity index (χ0) is 15.9. The van der Waals surface area contributed by atoms with E-state index in [1.54, 1.807) is 21.7 Å². The molecule has 0 spiro atoms. The predicted octanol–water partition coefficient (Wildman–Crippen LogP) is 3.29. The maximum absolute atomic E-state index is 12.2. The highest BCUT2D eigenvalue weighted by atomic mass is 16.2. The van der Waals surface area contributed by atoms with Gasteiger partial charge in [-0.25, -0.2) is 4.79 Å². The topological polar surface area (TPSA) is 50.2 Å². The zero-order valence-electron chi connectivity index (χ0n) is 12.7. The van der Waals surface area contributed by atoms with Gasteiger partial charge in [0.2, 0.25) is 0 Å². The molecule has 1 heterocycles. The molecule has 0 radical (unpaired) electrons. The first kappa shape index (κ1) is 15.6. The van der Waals surface area contributed by atoms with Gasteiger partial charge < -0.3 is 4.90 Å². The number of benzene rings is 1. The number of aromatic nitrogens is 2. The van der Waals surface area contributed by atoms with Crippen molar-refractivity contribution in [3.8, 4) is 11.3 Å². The predicted molar refractivity (Wildman–Crippen MR) is 89.6 cm³/mol. The molecule has 22 heavy (non-hydrogen) atoms. The number of hydrogen-bond acceptors (Lipinski definition) is 2. The Kier molecular flexibility index (Phi) is 5.14. The zero-order valence-corrected chi connectivity index (χ0v) is 12.7. The fraction of sp³-hybridized carbons (Fsp3) is 0.176. The van der Waals surface area contributed by atoms with Crippen LogP contribution in [0.3, 0.4) is 0 Å². The van der Waals surface area contributed by atoms with Crippen molar-refractivity contribution in [1.82, 2.24) is 14.7 Å². The van der Waals surface area contributed by atoms with Crippen LogP contribution in [0.4, 0.5) is 10.6 Å². The van der Waals surface area contributed by atoms with Gasteiger partial charge >= 0.3 is 6.03 Å². The Morgan fingerprint density at radius 1 is 1.27 bits per heavy atom. The molecule has 2 rings (SSSR count). The number of hydrogen-bond donors (Lipinski definition) is 1. The van der Waals surface area contributed by atoms with Crippen molar-refractivity contribution >= 4 is 11.8 Å². The minimum Gasteiger partial charge on any atom is -0.317 e. The molecule has 1 N–H and O–H groups in total. The van der Waals surface area contributed by atoms with Crippen molar-refractivity contribution in [2.24, 2.45) is 7.05 Å². The van der Waals surface area contributed by atoms with Gasteiger partial charge in [-0.05, 0) is 5.56 Å². The second-order valence-corrected chi connectivity index (χ2v) is 4.82. The van der Waals surface area contributed by atoms with Crippen molar-refractivity contribution < 1.29 is 4.79 Å². The Morgan fingerprint density at radius 2 is 1.91 bits per heavy atom. The highest BCUT2D eigenvalue weighted by molar-refractivity contribution is 5.89. The molecule has 0 aliphatic carbocycles. The van der Waals surface area contributed by atoms with Gasteiger partial charge in [-0.1, -0.05) is 42.5 Å². The van der Waals surface area contributed by atoms with E-state index in [2.05, 4.69) is 23.6 Å². The Hall–Kier alpha value is -2.82. The van der Waals surface area contributed by atoms with Crippen LogP contribution in [0.15, 0.2) is 61.7 Å². The van der Waals surface area contributed by atoms with Crippen LogP contribution < -0.4 is 5.32 Å². The van der Waals surface area contributed by atoms with E-state index >= 15 is 0 Å². The molecule has 0 aliphatic heterocycles. The molecular weight excluding hydrogens is 276 g/mol. The van der Waals surface area contributed by atoms with E-state index in [9.17, 15) is 4.79 Å². The first-order valence-corrected chi connectivity index (χ1v) is 7.03. The number of carbonyl (C=O) groups excluding carboxylic acids is 1. The van der Waals surface area contributed by atoms with Crippen LogP contribution in [0.5, 0.6) is 0 Å². The highest BCUT2D eigenvalue weighted by Gasteiger charge is 2.14. The lowest BCUT2D eigenvalue weighted by Crippen LogP contribution is -2.35.